The lowest BCUT2D eigenvalue weighted by atomic mass is 10.1. The van der Waals surface area contributed by atoms with Crippen LogP contribution in [0.25, 0.3) is 0 Å². The Bertz CT molecular complexity index is 1100. The standard InChI is InChI=1S/C25H24FNO5/c1-17-5-4-6-23(18(17)2)31-16-25(28)32-27-14-19-7-12-24(29-3)20(13-19)15-30-22-10-8-21(26)9-11-22/h4-14H,15-16H2,1-3H3. The van der Waals surface area contributed by atoms with E-state index in [2.05, 4.69) is 5.16 Å². The number of benzene rings is 3. The van der Waals surface area contributed by atoms with E-state index in [9.17, 15) is 9.18 Å². The Morgan fingerprint density at radius 2 is 1.78 bits per heavy atom. The third kappa shape index (κ3) is 6.31. The number of nitrogens with zero attached hydrogens (tertiary/aromatic N) is 1. The summed E-state index contributed by atoms with van der Waals surface area (Å²) in [6.07, 6.45) is 1.41. The van der Waals surface area contributed by atoms with Crippen LogP contribution in [0.1, 0.15) is 22.3 Å². The second-order valence-corrected chi connectivity index (χ2v) is 7.00. The summed E-state index contributed by atoms with van der Waals surface area (Å²) in [4.78, 5) is 16.8. The number of aryl methyl sites for hydroxylation is 1. The molecule has 0 aliphatic heterocycles. The fraction of sp³-hybridized carbons (Fsp3) is 0.200. The van der Waals surface area contributed by atoms with Crippen LogP contribution in [-0.2, 0) is 16.2 Å². The number of hydrogen-bond donors (Lipinski definition) is 0. The first-order valence-corrected chi connectivity index (χ1v) is 9.94. The summed E-state index contributed by atoms with van der Waals surface area (Å²) >= 11 is 0. The lowest BCUT2D eigenvalue weighted by molar-refractivity contribution is -0.145. The molecule has 0 radical (unpaired) electrons. The normalized spacial score (nSPS) is 10.8. The van der Waals surface area contributed by atoms with Gasteiger partial charge >= 0.3 is 5.97 Å². The van der Waals surface area contributed by atoms with Crippen LogP contribution in [0.3, 0.4) is 0 Å². The molecule has 0 unspecified atom stereocenters. The zero-order chi connectivity index (χ0) is 22.9. The maximum absolute atomic E-state index is 13.0. The fourth-order valence-electron chi connectivity index (χ4n) is 2.87. The second-order valence-electron chi connectivity index (χ2n) is 7.00. The second kappa shape index (κ2) is 10.9. The molecule has 0 saturated carbocycles. The topological polar surface area (TPSA) is 66.4 Å². The van der Waals surface area contributed by atoms with Gasteiger partial charge < -0.3 is 19.0 Å². The van der Waals surface area contributed by atoms with Gasteiger partial charge in [0, 0.05) is 5.56 Å². The first-order valence-electron chi connectivity index (χ1n) is 9.94. The Morgan fingerprint density at radius 3 is 2.53 bits per heavy atom. The van der Waals surface area contributed by atoms with Gasteiger partial charge in [-0.2, -0.15) is 0 Å². The van der Waals surface area contributed by atoms with Gasteiger partial charge in [0.15, 0.2) is 6.61 Å². The van der Waals surface area contributed by atoms with Gasteiger partial charge in [0.05, 0.1) is 13.3 Å². The third-order valence-electron chi connectivity index (χ3n) is 4.77. The first-order chi connectivity index (χ1) is 15.5. The van der Waals surface area contributed by atoms with Crippen LogP contribution < -0.4 is 14.2 Å². The molecule has 0 aromatic heterocycles. The van der Waals surface area contributed by atoms with Crippen LogP contribution in [0.4, 0.5) is 4.39 Å². The van der Waals surface area contributed by atoms with Crippen LogP contribution >= 0.6 is 0 Å². The molecule has 0 amide bonds. The first kappa shape index (κ1) is 22.8. The monoisotopic (exact) mass is 437 g/mol. The SMILES string of the molecule is COc1ccc(C=NOC(=O)COc2cccc(C)c2C)cc1COc1ccc(F)cc1. The number of rotatable bonds is 9. The Balaban J connectivity index is 1.56. The fourth-order valence-corrected chi connectivity index (χ4v) is 2.87. The van der Waals surface area contributed by atoms with Crippen molar-refractivity contribution in [2.24, 2.45) is 5.16 Å². The molecule has 166 valence electrons. The molecule has 0 N–H and O–H groups in total. The molecule has 0 spiro atoms. The van der Waals surface area contributed by atoms with Crippen molar-refractivity contribution in [3.63, 3.8) is 0 Å². The van der Waals surface area contributed by atoms with E-state index in [-0.39, 0.29) is 19.0 Å². The minimum Gasteiger partial charge on any atom is -0.496 e. The molecule has 0 fully saturated rings. The van der Waals surface area contributed by atoms with E-state index < -0.39 is 5.97 Å². The molecular weight excluding hydrogens is 413 g/mol. The number of hydrogen-bond acceptors (Lipinski definition) is 6. The molecule has 3 rings (SSSR count). The average molecular weight is 437 g/mol. The largest absolute Gasteiger partial charge is 0.496 e. The minimum atomic E-state index is -0.615. The smallest absolute Gasteiger partial charge is 0.372 e. The summed E-state index contributed by atoms with van der Waals surface area (Å²) in [5, 5.41) is 3.74. The summed E-state index contributed by atoms with van der Waals surface area (Å²) in [5.41, 5.74) is 3.49. The van der Waals surface area contributed by atoms with Gasteiger partial charge in [-0.15, -0.1) is 0 Å². The quantitative estimate of drug-likeness (QED) is 0.268. The number of oxime groups is 1. The van der Waals surface area contributed by atoms with Crippen LogP contribution in [-0.4, -0.2) is 25.9 Å². The van der Waals surface area contributed by atoms with Crippen LogP contribution in [0, 0.1) is 19.7 Å². The molecule has 32 heavy (non-hydrogen) atoms. The molecule has 3 aromatic carbocycles. The minimum absolute atomic E-state index is 0.208. The number of methoxy groups -OCH3 is 1. The Hall–Kier alpha value is -3.87. The predicted molar refractivity (Wildman–Crippen MR) is 119 cm³/mol. The van der Waals surface area contributed by atoms with Gasteiger partial charge in [0.25, 0.3) is 0 Å². The van der Waals surface area contributed by atoms with Crippen molar-refractivity contribution >= 4 is 12.2 Å². The highest BCUT2D eigenvalue weighted by atomic mass is 19.1. The van der Waals surface area contributed by atoms with E-state index >= 15 is 0 Å². The van der Waals surface area contributed by atoms with Gasteiger partial charge in [-0.05, 0) is 79.1 Å². The molecule has 0 aliphatic rings. The van der Waals surface area contributed by atoms with Crippen molar-refractivity contribution in [1.29, 1.82) is 0 Å². The van der Waals surface area contributed by atoms with Crippen molar-refractivity contribution < 1.29 is 28.2 Å². The Labute approximate surface area is 186 Å². The average Bonchev–Trinajstić information content (AvgIpc) is 2.80. The van der Waals surface area contributed by atoms with Crippen molar-refractivity contribution in [2.75, 3.05) is 13.7 Å². The molecule has 0 heterocycles. The van der Waals surface area contributed by atoms with Crippen molar-refractivity contribution in [1.82, 2.24) is 0 Å². The highest BCUT2D eigenvalue weighted by molar-refractivity contribution is 5.81. The summed E-state index contributed by atoms with van der Waals surface area (Å²) < 4.78 is 29.6. The lowest BCUT2D eigenvalue weighted by Crippen LogP contribution is -2.13. The van der Waals surface area contributed by atoms with E-state index in [1.165, 1.54) is 18.3 Å². The zero-order valence-corrected chi connectivity index (χ0v) is 18.1. The van der Waals surface area contributed by atoms with Crippen LogP contribution in [0.2, 0.25) is 0 Å². The molecule has 7 heteroatoms. The molecule has 3 aromatic rings. The van der Waals surface area contributed by atoms with E-state index in [1.54, 1.807) is 43.5 Å². The molecule has 6 nitrogen and oxygen atoms in total. The van der Waals surface area contributed by atoms with Crippen LogP contribution in [0.5, 0.6) is 17.2 Å². The molecular formula is C25H24FNO5. The molecule has 0 atom stereocenters. The number of ether oxygens (including phenoxy) is 3. The van der Waals surface area contributed by atoms with Gasteiger partial charge in [0.1, 0.15) is 29.7 Å². The van der Waals surface area contributed by atoms with Crippen LogP contribution in [0.15, 0.2) is 65.8 Å². The maximum Gasteiger partial charge on any atom is 0.372 e. The summed E-state index contributed by atoms with van der Waals surface area (Å²) in [6.45, 7) is 3.86. The van der Waals surface area contributed by atoms with Gasteiger partial charge in [0.2, 0.25) is 0 Å². The molecule has 0 aliphatic carbocycles. The maximum atomic E-state index is 13.0. The van der Waals surface area contributed by atoms with E-state index in [0.29, 0.717) is 22.8 Å². The number of halogens is 1. The van der Waals surface area contributed by atoms with Crippen molar-refractivity contribution in [3.8, 4) is 17.2 Å². The van der Waals surface area contributed by atoms with E-state index in [4.69, 9.17) is 19.0 Å². The van der Waals surface area contributed by atoms with E-state index in [1.807, 2.05) is 26.0 Å². The van der Waals surface area contributed by atoms with Gasteiger partial charge in [-0.25, -0.2) is 9.18 Å². The van der Waals surface area contributed by atoms with Crippen molar-refractivity contribution in [2.45, 2.75) is 20.5 Å². The Kier molecular flexibility index (Phi) is 7.80. The number of carbonyl (C=O) groups is 1. The molecule has 0 saturated heterocycles. The summed E-state index contributed by atoms with van der Waals surface area (Å²) in [6, 6.07) is 16.7. The highest BCUT2D eigenvalue weighted by Gasteiger charge is 2.08. The van der Waals surface area contributed by atoms with Crippen molar-refractivity contribution in [3.05, 3.63) is 88.7 Å². The van der Waals surface area contributed by atoms with Gasteiger partial charge in [-0.1, -0.05) is 17.3 Å². The zero-order valence-electron chi connectivity index (χ0n) is 18.1. The predicted octanol–water partition coefficient (Wildman–Crippen LogP) is 4.99. The molecule has 0 bridgehead atoms. The summed E-state index contributed by atoms with van der Waals surface area (Å²) in [5.74, 6) is 0.845. The lowest BCUT2D eigenvalue weighted by Gasteiger charge is -2.11. The van der Waals surface area contributed by atoms with E-state index in [0.717, 1.165) is 16.7 Å². The number of carbonyl (C=O) groups excluding carboxylic acids is 1. The third-order valence-corrected chi connectivity index (χ3v) is 4.77. The highest BCUT2D eigenvalue weighted by Crippen LogP contribution is 2.22. The van der Waals surface area contributed by atoms with Gasteiger partial charge in [-0.3, -0.25) is 0 Å². The summed E-state index contributed by atoms with van der Waals surface area (Å²) in [7, 11) is 1.56. The Morgan fingerprint density at radius 1 is 1.00 bits per heavy atom.